The Kier molecular flexibility index (Phi) is 12.3. The quantitative estimate of drug-likeness (QED) is 0.114. The average molecular weight is 806 g/mol. The molecule has 59 heavy (non-hydrogen) atoms. The second-order valence-corrected chi connectivity index (χ2v) is 15.4. The third kappa shape index (κ3) is 8.63. The van der Waals surface area contributed by atoms with E-state index >= 15 is 0 Å². The summed E-state index contributed by atoms with van der Waals surface area (Å²) in [7, 11) is 4.04. The van der Waals surface area contributed by atoms with Crippen LogP contribution in [0.15, 0.2) is 67.1 Å². The highest BCUT2D eigenvalue weighted by Gasteiger charge is 2.39. The van der Waals surface area contributed by atoms with Gasteiger partial charge in [-0.05, 0) is 67.3 Å². The van der Waals surface area contributed by atoms with Gasteiger partial charge in [0.15, 0.2) is 0 Å². The number of methoxy groups -OCH3 is 3. The minimum absolute atomic E-state index is 0.116. The number of nitrogens with one attached hydrogen (secondary N) is 4. The molecule has 5 heterocycles. The van der Waals surface area contributed by atoms with Crippen LogP contribution in [0.25, 0.3) is 44.5 Å². The summed E-state index contributed by atoms with van der Waals surface area (Å²) in [5, 5.41) is 6.29. The van der Waals surface area contributed by atoms with Crippen LogP contribution in [0.3, 0.4) is 0 Å². The van der Waals surface area contributed by atoms with E-state index in [4.69, 9.17) is 19.2 Å². The van der Waals surface area contributed by atoms with Gasteiger partial charge in [0.25, 0.3) is 0 Å². The average Bonchev–Trinajstić information content (AvgIpc) is 4.10. The standard InChI is InChI=1S/C43H51N9O7/c1-24(2)36(49-42(55)58-5)40(53)51-17-7-9-34(51)39-46-23-33(48-39)30-19-29-16-15-28(20-31(29)44-21-30)26-11-13-27(14-12-26)32-22-45-38(47-32)35-10-8-18-52(35)41(54)37(25(3)57-4)50-43(56)59-6/h11-16,19-25,34-37H,7-10,17-18H2,1-6H3,(H,45,47)(H,46,48)(H,49,55)(H,50,56)/t25-,34+,35+,36+,37?/m1/s1. The lowest BCUT2D eigenvalue weighted by Gasteiger charge is -2.30. The van der Waals surface area contributed by atoms with Gasteiger partial charge in [-0.2, -0.15) is 0 Å². The lowest BCUT2D eigenvalue weighted by molar-refractivity contribution is -0.137. The van der Waals surface area contributed by atoms with Crippen LogP contribution < -0.4 is 10.6 Å². The predicted molar refractivity (Wildman–Crippen MR) is 220 cm³/mol. The van der Waals surface area contributed by atoms with Crippen LogP contribution in [-0.2, 0) is 23.8 Å². The zero-order chi connectivity index (χ0) is 41.8. The second-order valence-electron chi connectivity index (χ2n) is 15.4. The fourth-order valence-electron chi connectivity index (χ4n) is 7.98. The van der Waals surface area contributed by atoms with Gasteiger partial charge in [-0.15, -0.1) is 0 Å². The molecule has 2 saturated heterocycles. The molecule has 0 bridgehead atoms. The Hall–Kier alpha value is -6.29. The Bertz CT molecular complexity index is 2310. The summed E-state index contributed by atoms with van der Waals surface area (Å²) in [6.07, 6.45) is 6.64. The number of carbonyl (C=O) groups is 4. The van der Waals surface area contributed by atoms with Gasteiger partial charge in [-0.25, -0.2) is 19.6 Å². The number of rotatable bonds is 12. The van der Waals surface area contributed by atoms with Gasteiger partial charge in [-0.3, -0.25) is 14.6 Å². The number of H-pyrrole nitrogens is 2. The highest BCUT2D eigenvalue weighted by Crippen LogP contribution is 2.35. The first-order valence-corrected chi connectivity index (χ1v) is 19.9. The number of hydrogen-bond acceptors (Lipinski definition) is 10. The van der Waals surface area contributed by atoms with Crippen molar-refractivity contribution in [3.63, 3.8) is 0 Å². The third-order valence-corrected chi connectivity index (χ3v) is 11.4. The Morgan fingerprint density at radius 2 is 1.19 bits per heavy atom. The van der Waals surface area contributed by atoms with Gasteiger partial charge in [-0.1, -0.05) is 50.2 Å². The van der Waals surface area contributed by atoms with E-state index in [1.807, 2.05) is 32.2 Å². The summed E-state index contributed by atoms with van der Waals surface area (Å²) in [5.41, 5.74) is 6.36. The van der Waals surface area contributed by atoms with Crippen LogP contribution in [0.1, 0.15) is 70.2 Å². The molecule has 310 valence electrons. The van der Waals surface area contributed by atoms with Crippen molar-refractivity contribution in [2.24, 2.45) is 5.92 Å². The van der Waals surface area contributed by atoms with Gasteiger partial charge in [0.2, 0.25) is 11.8 Å². The molecule has 2 aliphatic rings. The van der Waals surface area contributed by atoms with Crippen LogP contribution in [-0.4, -0.2) is 111 Å². The Balaban J connectivity index is 1.02. The van der Waals surface area contributed by atoms with Crippen LogP contribution >= 0.6 is 0 Å². The maximum absolute atomic E-state index is 13.6. The highest BCUT2D eigenvalue weighted by atomic mass is 16.5. The largest absolute Gasteiger partial charge is 0.453 e. The molecule has 4 N–H and O–H groups in total. The fourth-order valence-corrected chi connectivity index (χ4v) is 7.98. The number of aromatic amines is 2. The molecule has 7 rings (SSSR count). The zero-order valence-corrected chi connectivity index (χ0v) is 34.2. The summed E-state index contributed by atoms with van der Waals surface area (Å²) in [6, 6.07) is 14.4. The van der Waals surface area contributed by atoms with Gasteiger partial charge in [0, 0.05) is 37.3 Å². The van der Waals surface area contributed by atoms with Crippen LogP contribution in [0.2, 0.25) is 0 Å². The molecule has 0 aliphatic carbocycles. The molecule has 0 radical (unpaired) electrons. The van der Waals surface area contributed by atoms with Crippen molar-refractivity contribution in [2.75, 3.05) is 34.4 Å². The van der Waals surface area contributed by atoms with Crippen molar-refractivity contribution < 1.29 is 33.4 Å². The van der Waals surface area contributed by atoms with Crippen molar-refractivity contribution in [3.8, 4) is 33.6 Å². The molecule has 4 amide bonds. The lowest BCUT2D eigenvalue weighted by Crippen LogP contribution is -2.54. The van der Waals surface area contributed by atoms with Crippen molar-refractivity contribution in [3.05, 3.63) is 78.8 Å². The summed E-state index contributed by atoms with van der Waals surface area (Å²) < 4.78 is 14.9. The second kappa shape index (κ2) is 17.7. The van der Waals surface area contributed by atoms with E-state index in [2.05, 4.69) is 67.0 Å². The van der Waals surface area contributed by atoms with E-state index in [-0.39, 0.29) is 29.8 Å². The number of fused-ring (bicyclic) bond motifs is 1. The summed E-state index contributed by atoms with van der Waals surface area (Å²) in [6.45, 7) is 6.64. The molecule has 2 fully saturated rings. The van der Waals surface area contributed by atoms with E-state index in [0.29, 0.717) is 24.7 Å². The number of amides is 4. The monoisotopic (exact) mass is 805 g/mol. The van der Waals surface area contributed by atoms with Crippen molar-refractivity contribution in [1.29, 1.82) is 0 Å². The van der Waals surface area contributed by atoms with Gasteiger partial charge >= 0.3 is 12.2 Å². The van der Waals surface area contributed by atoms with Crippen LogP contribution in [0.5, 0.6) is 0 Å². The molecule has 1 unspecified atom stereocenters. The summed E-state index contributed by atoms with van der Waals surface area (Å²) in [5.74, 6) is 0.862. The number of imidazole rings is 2. The molecule has 0 spiro atoms. The van der Waals surface area contributed by atoms with Crippen molar-refractivity contribution >= 4 is 34.9 Å². The summed E-state index contributed by atoms with van der Waals surface area (Å²) >= 11 is 0. The minimum Gasteiger partial charge on any atom is -0.453 e. The molecule has 16 nitrogen and oxygen atoms in total. The van der Waals surface area contributed by atoms with Crippen LogP contribution in [0, 0.1) is 5.92 Å². The SMILES string of the molecule is COC(=O)NC(C(=O)N1CCC[C@H]1c1ncc(-c2ccc(-c3ccc4cc(-c5cnc([C@@H]6CCCN6C(=O)[C@@H](NC(=O)OC)C(C)C)[nH]5)cnc4c3)cc2)[nH]1)[C@@H](C)OC. The molecule has 16 heteroatoms. The maximum Gasteiger partial charge on any atom is 0.407 e. The van der Waals surface area contributed by atoms with E-state index in [1.54, 1.807) is 29.1 Å². The third-order valence-electron chi connectivity index (χ3n) is 11.4. The first kappa shape index (κ1) is 40.9. The molecule has 5 aromatic rings. The number of pyridine rings is 1. The Morgan fingerprint density at radius 1 is 0.661 bits per heavy atom. The first-order valence-electron chi connectivity index (χ1n) is 19.9. The Labute approximate surface area is 342 Å². The van der Waals surface area contributed by atoms with Crippen LogP contribution in [0.4, 0.5) is 9.59 Å². The zero-order valence-electron chi connectivity index (χ0n) is 34.2. The number of carbonyl (C=O) groups excluding carboxylic acids is 4. The highest BCUT2D eigenvalue weighted by molar-refractivity contribution is 5.89. The topological polar surface area (TPSA) is 197 Å². The van der Waals surface area contributed by atoms with Gasteiger partial charge in [0.1, 0.15) is 23.7 Å². The van der Waals surface area contributed by atoms with E-state index < -0.39 is 30.4 Å². The molecule has 2 aromatic carbocycles. The molecule has 3 aromatic heterocycles. The number of nitrogens with zero attached hydrogens (tertiary/aromatic N) is 5. The number of aromatic nitrogens is 5. The molecule has 5 atom stereocenters. The number of alkyl carbamates (subject to hydrolysis) is 2. The predicted octanol–water partition coefficient (Wildman–Crippen LogP) is 6.15. The van der Waals surface area contributed by atoms with Crippen molar-refractivity contribution in [1.82, 2.24) is 45.4 Å². The number of benzene rings is 2. The molecular formula is C43H51N9O7. The van der Waals surface area contributed by atoms with E-state index in [1.165, 1.54) is 21.3 Å². The summed E-state index contributed by atoms with van der Waals surface area (Å²) in [4.78, 5) is 75.7. The smallest absolute Gasteiger partial charge is 0.407 e. The van der Waals surface area contributed by atoms with E-state index in [9.17, 15) is 19.2 Å². The Morgan fingerprint density at radius 3 is 1.75 bits per heavy atom. The lowest BCUT2D eigenvalue weighted by atomic mass is 10.0. The fraction of sp³-hybridized carbons (Fsp3) is 0.419. The van der Waals surface area contributed by atoms with Gasteiger partial charge < -0.3 is 44.6 Å². The maximum atomic E-state index is 13.6. The first-order chi connectivity index (χ1) is 28.5. The van der Waals surface area contributed by atoms with Gasteiger partial charge in [0.05, 0.1) is 61.7 Å². The molecule has 0 saturated carbocycles. The molecule has 2 aliphatic heterocycles. The molecular weight excluding hydrogens is 755 g/mol. The minimum atomic E-state index is -0.900. The van der Waals surface area contributed by atoms with E-state index in [0.717, 1.165) is 70.2 Å². The normalized spacial score (nSPS) is 18.2. The number of likely N-dealkylation sites (tertiary alicyclic amines) is 2. The van der Waals surface area contributed by atoms with Crippen molar-refractivity contribution in [2.45, 2.75) is 76.7 Å². The number of ether oxygens (including phenoxy) is 3. The number of hydrogen-bond donors (Lipinski definition) is 4.